The van der Waals surface area contributed by atoms with Gasteiger partial charge in [0.05, 0.1) is 6.04 Å². The van der Waals surface area contributed by atoms with Crippen molar-refractivity contribution < 1.29 is 14.3 Å². The molecule has 2 aromatic rings. The Kier molecular flexibility index (Phi) is 3.96. The lowest BCUT2D eigenvalue weighted by molar-refractivity contribution is -0.123. The van der Waals surface area contributed by atoms with Crippen molar-refractivity contribution in [2.75, 3.05) is 18.9 Å². The minimum Gasteiger partial charge on any atom is -0.486 e. The molecule has 3 atom stereocenters. The molecule has 1 aliphatic heterocycles. The van der Waals surface area contributed by atoms with Gasteiger partial charge in [0.1, 0.15) is 13.2 Å². The normalized spacial score (nSPS) is 25.4. The Labute approximate surface area is 158 Å². The van der Waals surface area contributed by atoms with Crippen molar-refractivity contribution >= 4 is 11.6 Å². The van der Waals surface area contributed by atoms with E-state index in [1.807, 2.05) is 24.3 Å². The number of carbonyl (C=O) groups excluding carboxylic acids is 1. The van der Waals surface area contributed by atoms with Crippen LogP contribution in [0.15, 0.2) is 36.4 Å². The molecule has 2 aromatic carbocycles. The molecule has 0 spiro atoms. The molecule has 0 radical (unpaired) electrons. The van der Waals surface area contributed by atoms with Gasteiger partial charge in [-0.05, 0) is 72.6 Å². The maximum Gasteiger partial charge on any atom is 0.224 e. The van der Waals surface area contributed by atoms with Gasteiger partial charge < -0.3 is 20.5 Å². The average Bonchev–Trinajstić information content (AvgIpc) is 3.48. The highest BCUT2D eigenvalue weighted by Gasteiger charge is 2.45. The van der Waals surface area contributed by atoms with Crippen LogP contribution in [0, 0.1) is 5.92 Å². The van der Waals surface area contributed by atoms with E-state index in [1.165, 1.54) is 11.1 Å². The van der Waals surface area contributed by atoms with E-state index < -0.39 is 0 Å². The van der Waals surface area contributed by atoms with Crippen molar-refractivity contribution in [1.82, 2.24) is 5.32 Å². The van der Waals surface area contributed by atoms with Crippen molar-refractivity contribution in [2.45, 2.75) is 37.6 Å². The lowest BCUT2D eigenvalue weighted by atomic mass is 9.87. The van der Waals surface area contributed by atoms with E-state index in [9.17, 15) is 4.79 Å². The Morgan fingerprint density at radius 3 is 2.81 bits per heavy atom. The van der Waals surface area contributed by atoms with Crippen molar-refractivity contribution in [2.24, 2.45) is 5.92 Å². The number of benzene rings is 2. The van der Waals surface area contributed by atoms with Crippen LogP contribution in [0.25, 0.3) is 0 Å². The lowest BCUT2D eigenvalue weighted by Gasteiger charge is -2.27. The summed E-state index contributed by atoms with van der Waals surface area (Å²) < 4.78 is 11.3. The highest BCUT2D eigenvalue weighted by molar-refractivity contribution is 5.83. The fraction of sp³-hybridized carbons (Fsp3) is 0.409. The van der Waals surface area contributed by atoms with Crippen molar-refractivity contribution in [3.8, 4) is 11.5 Å². The van der Waals surface area contributed by atoms with Crippen LogP contribution in [0.2, 0.25) is 0 Å². The molecule has 140 valence electrons. The van der Waals surface area contributed by atoms with Crippen molar-refractivity contribution in [3.63, 3.8) is 0 Å². The summed E-state index contributed by atoms with van der Waals surface area (Å²) >= 11 is 0. The number of fused-ring (bicyclic) bond motifs is 2. The molecule has 0 bridgehead atoms. The van der Waals surface area contributed by atoms with Crippen LogP contribution in [0.4, 0.5) is 5.69 Å². The van der Waals surface area contributed by atoms with Crippen LogP contribution in [0.5, 0.6) is 11.5 Å². The van der Waals surface area contributed by atoms with Crippen LogP contribution in [-0.4, -0.2) is 19.1 Å². The third-order valence-electron chi connectivity index (χ3n) is 5.92. The first-order chi connectivity index (χ1) is 13.2. The summed E-state index contributed by atoms with van der Waals surface area (Å²) in [4.78, 5) is 12.8. The number of aryl methyl sites for hydroxylation is 1. The molecule has 2 aliphatic carbocycles. The second-order valence-corrected chi connectivity index (χ2v) is 7.76. The number of nitrogens with two attached hydrogens (primary N) is 1. The Morgan fingerprint density at radius 1 is 1.07 bits per heavy atom. The predicted molar refractivity (Wildman–Crippen MR) is 103 cm³/mol. The number of nitrogens with one attached hydrogen (secondary N) is 1. The molecule has 5 nitrogen and oxygen atoms in total. The summed E-state index contributed by atoms with van der Waals surface area (Å²) in [5.41, 5.74) is 10.4. The Balaban J connectivity index is 1.27. The fourth-order valence-electron chi connectivity index (χ4n) is 4.41. The maximum atomic E-state index is 12.8. The molecule has 27 heavy (non-hydrogen) atoms. The second kappa shape index (κ2) is 6.48. The van der Waals surface area contributed by atoms with E-state index in [1.54, 1.807) is 0 Å². The summed E-state index contributed by atoms with van der Waals surface area (Å²) in [7, 11) is 0. The van der Waals surface area contributed by atoms with E-state index in [0.717, 1.165) is 48.4 Å². The summed E-state index contributed by atoms with van der Waals surface area (Å²) in [5.74, 6) is 2.07. The van der Waals surface area contributed by atoms with Crippen LogP contribution in [0.1, 0.15) is 47.9 Å². The summed E-state index contributed by atoms with van der Waals surface area (Å²) in [6, 6.07) is 12.2. The predicted octanol–water partition coefficient (Wildman–Crippen LogP) is 3.34. The molecule has 1 amide bonds. The van der Waals surface area contributed by atoms with Crippen LogP contribution < -0.4 is 20.5 Å². The zero-order valence-electron chi connectivity index (χ0n) is 15.2. The minimum atomic E-state index is 0.0479. The van der Waals surface area contributed by atoms with Gasteiger partial charge in [-0.15, -0.1) is 0 Å². The number of hydrogen-bond donors (Lipinski definition) is 2. The molecule has 5 rings (SSSR count). The number of ether oxygens (including phenoxy) is 2. The maximum absolute atomic E-state index is 12.8. The van der Waals surface area contributed by atoms with Crippen LogP contribution >= 0.6 is 0 Å². The minimum absolute atomic E-state index is 0.0479. The van der Waals surface area contributed by atoms with E-state index in [2.05, 4.69) is 17.4 Å². The molecule has 0 saturated heterocycles. The van der Waals surface area contributed by atoms with E-state index >= 15 is 0 Å². The van der Waals surface area contributed by atoms with Gasteiger partial charge in [0, 0.05) is 11.6 Å². The van der Waals surface area contributed by atoms with E-state index in [4.69, 9.17) is 15.2 Å². The SMILES string of the molecule is Nc1ccc2c(c1)CCCC2NC(=O)C1CC1c1ccc2c(c1)OCCO2. The smallest absolute Gasteiger partial charge is 0.224 e. The van der Waals surface area contributed by atoms with E-state index in [-0.39, 0.29) is 23.8 Å². The zero-order valence-corrected chi connectivity index (χ0v) is 15.2. The van der Waals surface area contributed by atoms with Crippen molar-refractivity contribution in [3.05, 3.63) is 53.1 Å². The Hall–Kier alpha value is -2.69. The van der Waals surface area contributed by atoms with Gasteiger partial charge >= 0.3 is 0 Å². The van der Waals surface area contributed by atoms with Crippen LogP contribution in [-0.2, 0) is 11.2 Å². The molecular formula is C22H24N2O3. The molecule has 1 saturated carbocycles. The zero-order chi connectivity index (χ0) is 18.4. The van der Waals surface area contributed by atoms with Gasteiger partial charge in [0.25, 0.3) is 0 Å². The van der Waals surface area contributed by atoms with Gasteiger partial charge in [-0.3, -0.25) is 4.79 Å². The van der Waals surface area contributed by atoms with Crippen LogP contribution in [0.3, 0.4) is 0 Å². The molecule has 1 heterocycles. The average molecular weight is 364 g/mol. The van der Waals surface area contributed by atoms with Crippen molar-refractivity contribution in [1.29, 1.82) is 0 Å². The highest BCUT2D eigenvalue weighted by Crippen LogP contribution is 2.49. The molecule has 3 aliphatic rings. The number of amides is 1. The third kappa shape index (κ3) is 3.11. The van der Waals surface area contributed by atoms with Gasteiger partial charge in [-0.1, -0.05) is 12.1 Å². The summed E-state index contributed by atoms with van der Waals surface area (Å²) in [5, 5.41) is 3.28. The van der Waals surface area contributed by atoms with Gasteiger partial charge in [0.15, 0.2) is 11.5 Å². The van der Waals surface area contributed by atoms with Gasteiger partial charge in [-0.25, -0.2) is 0 Å². The monoisotopic (exact) mass is 364 g/mol. The molecule has 5 heteroatoms. The first kappa shape index (κ1) is 16.5. The number of hydrogen-bond acceptors (Lipinski definition) is 4. The molecular weight excluding hydrogens is 340 g/mol. The first-order valence-corrected chi connectivity index (χ1v) is 9.77. The quantitative estimate of drug-likeness (QED) is 0.820. The Bertz CT molecular complexity index is 895. The second-order valence-electron chi connectivity index (χ2n) is 7.76. The first-order valence-electron chi connectivity index (χ1n) is 9.77. The van der Waals surface area contributed by atoms with Gasteiger partial charge in [-0.2, -0.15) is 0 Å². The van der Waals surface area contributed by atoms with Gasteiger partial charge in [0.2, 0.25) is 5.91 Å². The standard InChI is InChI=1S/C22H24N2O3/c23-15-5-6-16-13(10-15)2-1-3-19(16)24-22(25)18-12-17(18)14-4-7-20-21(11-14)27-9-8-26-20/h4-7,10-11,17-19H,1-3,8-9,12,23H2,(H,24,25). The largest absolute Gasteiger partial charge is 0.486 e. The molecule has 3 N–H and O–H groups in total. The number of rotatable bonds is 3. The molecule has 1 fully saturated rings. The molecule has 3 unspecified atom stereocenters. The Morgan fingerprint density at radius 2 is 1.93 bits per heavy atom. The highest BCUT2D eigenvalue weighted by atomic mass is 16.6. The van der Waals surface area contributed by atoms with E-state index in [0.29, 0.717) is 13.2 Å². The summed E-state index contributed by atoms with van der Waals surface area (Å²) in [6.45, 7) is 1.17. The topological polar surface area (TPSA) is 73.6 Å². The molecule has 0 aromatic heterocycles. The number of carbonyl (C=O) groups is 1. The third-order valence-corrected chi connectivity index (χ3v) is 5.92. The lowest BCUT2D eigenvalue weighted by Crippen LogP contribution is -2.32. The fourth-order valence-corrected chi connectivity index (χ4v) is 4.41. The summed E-state index contributed by atoms with van der Waals surface area (Å²) in [6.07, 6.45) is 4.00. The number of nitrogen functional groups attached to an aromatic ring is 1. The number of anilines is 1.